The van der Waals surface area contributed by atoms with E-state index in [4.69, 9.17) is 16.7 Å². The first-order valence-corrected chi connectivity index (χ1v) is 7.43. The predicted molar refractivity (Wildman–Crippen MR) is 82.9 cm³/mol. The molecule has 0 spiro atoms. The van der Waals surface area contributed by atoms with Gasteiger partial charge < -0.3 is 5.11 Å². The SMILES string of the molecule is O=C(O)NC(=O)c1cc(Cl)ccc1SCc1ccccc1. The average molecular weight is 322 g/mol. The van der Waals surface area contributed by atoms with E-state index in [0.717, 1.165) is 5.56 Å². The van der Waals surface area contributed by atoms with Crippen LogP contribution in [0.1, 0.15) is 15.9 Å². The molecule has 0 aliphatic carbocycles. The van der Waals surface area contributed by atoms with Crippen molar-refractivity contribution in [2.45, 2.75) is 10.6 Å². The summed E-state index contributed by atoms with van der Waals surface area (Å²) in [6, 6.07) is 14.6. The van der Waals surface area contributed by atoms with Gasteiger partial charge in [-0.05, 0) is 23.8 Å². The van der Waals surface area contributed by atoms with Gasteiger partial charge in [0.15, 0.2) is 0 Å². The van der Waals surface area contributed by atoms with Crippen LogP contribution < -0.4 is 5.32 Å². The van der Waals surface area contributed by atoms with Gasteiger partial charge in [-0.25, -0.2) is 4.79 Å². The van der Waals surface area contributed by atoms with Crippen molar-refractivity contribution < 1.29 is 14.7 Å². The van der Waals surface area contributed by atoms with Crippen LogP contribution in [0, 0.1) is 0 Å². The molecule has 0 aromatic heterocycles. The first kappa shape index (κ1) is 15.4. The van der Waals surface area contributed by atoms with E-state index >= 15 is 0 Å². The zero-order chi connectivity index (χ0) is 15.2. The first-order valence-electron chi connectivity index (χ1n) is 6.07. The van der Waals surface area contributed by atoms with Gasteiger partial charge in [-0.1, -0.05) is 41.9 Å². The number of nitrogens with one attached hydrogen (secondary N) is 1. The highest BCUT2D eigenvalue weighted by Gasteiger charge is 2.15. The fourth-order valence-corrected chi connectivity index (χ4v) is 2.86. The van der Waals surface area contributed by atoms with E-state index in [9.17, 15) is 9.59 Å². The Labute approximate surface area is 131 Å². The van der Waals surface area contributed by atoms with Gasteiger partial charge in [0.05, 0.1) is 5.56 Å². The van der Waals surface area contributed by atoms with Gasteiger partial charge in [-0.2, -0.15) is 0 Å². The Morgan fingerprint density at radius 1 is 1.14 bits per heavy atom. The lowest BCUT2D eigenvalue weighted by Gasteiger charge is -2.09. The molecule has 2 N–H and O–H groups in total. The van der Waals surface area contributed by atoms with Gasteiger partial charge >= 0.3 is 6.09 Å². The first-order chi connectivity index (χ1) is 10.1. The molecule has 21 heavy (non-hydrogen) atoms. The van der Waals surface area contributed by atoms with E-state index in [1.54, 1.807) is 12.1 Å². The third-order valence-corrected chi connectivity index (χ3v) is 4.02. The molecule has 0 aliphatic heterocycles. The van der Waals surface area contributed by atoms with E-state index in [0.29, 0.717) is 15.7 Å². The number of amides is 2. The maximum absolute atomic E-state index is 11.9. The minimum atomic E-state index is -1.39. The highest BCUT2D eigenvalue weighted by molar-refractivity contribution is 7.98. The van der Waals surface area contributed by atoms with Gasteiger partial charge in [0, 0.05) is 15.7 Å². The van der Waals surface area contributed by atoms with Crippen molar-refractivity contribution in [1.82, 2.24) is 5.32 Å². The summed E-state index contributed by atoms with van der Waals surface area (Å²) in [4.78, 5) is 23.1. The Morgan fingerprint density at radius 3 is 2.52 bits per heavy atom. The molecule has 0 atom stereocenters. The van der Waals surface area contributed by atoms with E-state index in [1.807, 2.05) is 35.6 Å². The third-order valence-electron chi connectivity index (χ3n) is 2.64. The van der Waals surface area contributed by atoms with Gasteiger partial charge in [-0.15, -0.1) is 11.8 Å². The van der Waals surface area contributed by atoms with Crippen LogP contribution in [0.25, 0.3) is 0 Å². The molecule has 0 bridgehead atoms. The molecule has 0 unspecified atom stereocenters. The van der Waals surface area contributed by atoms with Crippen molar-refractivity contribution in [3.05, 3.63) is 64.7 Å². The van der Waals surface area contributed by atoms with E-state index in [1.165, 1.54) is 17.8 Å². The largest absolute Gasteiger partial charge is 0.465 e. The summed E-state index contributed by atoms with van der Waals surface area (Å²) in [5.41, 5.74) is 1.37. The van der Waals surface area contributed by atoms with Crippen LogP contribution in [0.3, 0.4) is 0 Å². The van der Waals surface area contributed by atoms with Crippen LogP contribution in [0.2, 0.25) is 5.02 Å². The number of thioether (sulfide) groups is 1. The smallest absolute Gasteiger partial charge is 0.411 e. The average Bonchev–Trinajstić information content (AvgIpc) is 2.46. The summed E-state index contributed by atoms with van der Waals surface area (Å²) in [5.74, 6) is -0.00362. The molecule has 0 aliphatic rings. The molecular weight excluding hydrogens is 310 g/mol. The fourth-order valence-electron chi connectivity index (χ4n) is 1.71. The third kappa shape index (κ3) is 4.51. The van der Waals surface area contributed by atoms with Crippen molar-refractivity contribution >= 4 is 35.4 Å². The van der Waals surface area contributed by atoms with Gasteiger partial charge in [0.2, 0.25) is 0 Å². The van der Waals surface area contributed by atoms with Crippen molar-refractivity contribution in [2.75, 3.05) is 0 Å². The fraction of sp³-hybridized carbons (Fsp3) is 0.0667. The van der Waals surface area contributed by atoms with Crippen LogP contribution in [0.4, 0.5) is 4.79 Å². The Kier molecular flexibility index (Phi) is 5.25. The molecule has 0 fully saturated rings. The Hall–Kier alpha value is -1.98. The van der Waals surface area contributed by atoms with Crippen molar-refractivity contribution in [3.8, 4) is 0 Å². The van der Waals surface area contributed by atoms with E-state index < -0.39 is 12.0 Å². The van der Waals surface area contributed by atoms with Crippen LogP contribution in [0.15, 0.2) is 53.4 Å². The standard InChI is InChI=1S/C15H12ClNO3S/c16-11-6-7-13(12(8-11)14(18)17-15(19)20)21-9-10-4-2-1-3-5-10/h1-8H,9H2,(H,17,18)(H,19,20). The molecule has 2 aromatic rings. The van der Waals surface area contributed by atoms with Crippen LogP contribution in [-0.4, -0.2) is 17.1 Å². The van der Waals surface area contributed by atoms with E-state index in [2.05, 4.69) is 0 Å². The molecule has 2 aromatic carbocycles. The summed E-state index contributed by atoms with van der Waals surface area (Å²) in [7, 11) is 0. The molecular formula is C15H12ClNO3S. The summed E-state index contributed by atoms with van der Waals surface area (Å²) < 4.78 is 0. The highest BCUT2D eigenvalue weighted by atomic mass is 35.5. The zero-order valence-electron chi connectivity index (χ0n) is 10.9. The molecule has 2 rings (SSSR count). The summed E-state index contributed by atoms with van der Waals surface area (Å²) in [5, 5.41) is 10.9. The van der Waals surface area contributed by atoms with Crippen LogP contribution in [-0.2, 0) is 5.75 Å². The predicted octanol–water partition coefficient (Wildman–Crippen LogP) is 4.04. The lowest BCUT2D eigenvalue weighted by atomic mass is 10.2. The second-order valence-corrected chi connectivity index (χ2v) is 5.63. The second-order valence-electron chi connectivity index (χ2n) is 4.17. The van der Waals surface area contributed by atoms with Crippen molar-refractivity contribution in [1.29, 1.82) is 0 Å². The number of benzene rings is 2. The molecule has 6 heteroatoms. The molecule has 4 nitrogen and oxygen atoms in total. The maximum atomic E-state index is 11.9. The molecule has 2 amide bonds. The molecule has 0 radical (unpaired) electrons. The van der Waals surface area contributed by atoms with Crippen LogP contribution >= 0.6 is 23.4 Å². The zero-order valence-corrected chi connectivity index (χ0v) is 12.4. The molecule has 0 saturated carbocycles. The number of hydrogen-bond donors (Lipinski definition) is 2. The van der Waals surface area contributed by atoms with Gasteiger partial charge in [0.25, 0.3) is 5.91 Å². The van der Waals surface area contributed by atoms with Crippen molar-refractivity contribution in [2.24, 2.45) is 0 Å². The monoisotopic (exact) mass is 321 g/mol. The quantitative estimate of drug-likeness (QED) is 0.834. The number of imide groups is 1. The Bertz CT molecular complexity index is 661. The number of carbonyl (C=O) groups is 2. The molecule has 0 saturated heterocycles. The summed E-state index contributed by atoms with van der Waals surface area (Å²) in [6.45, 7) is 0. The van der Waals surface area contributed by atoms with Crippen molar-refractivity contribution in [3.63, 3.8) is 0 Å². The Morgan fingerprint density at radius 2 is 1.86 bits per heavy atom. The normalized spacial score (nSPS) is 10.1. The highest BCUT2D eigenvalue weighted by Crippen LogP contribution is 2.28. The lowest BCUT2D eigenvalue weighted by molar-refractivity contribution is 0.0945. The maximum Gasteiger partial charge on any atom is 0.411 e. The topological polar surface area (TPSA) is 66.4 Å². The number of hydrogen-bond acceptors (Lipinski definition) is 3. The summed E-state index contributed by atoms with van der Waals surface area (Å²) in [6.07, 6.45) is -1.39. The minimum absolute atomic E-state index is 0.255. The molecule has 108 valence electrons. The minimum Gasteiger partial charge on any atom is -0.465 e. The van der Waals surface area contributed by atoms with Gasteiger partial charge in [-0.3, -0.25) is 10.1 Å². The molecule has 0 heterocycles. The van der Waals surface area contributed by atoms with E-state index in [-0.39, 0.29) is 5.56 Å². The van der Waals surface area contributed by atoms with Gasteiger partial charge in [0.1, 0.15) is 0 Å². The Balaban J connectivity index is 2.18. The number of carboxylic acid groups (broad SMARTS) is 1. The summed E-state index contributed by atoms with van der Waals surface area (Å²) >= 11 is 7.33. The second kappa shape index (κ2) is 7.15. The lowest BCUT2D eigenvalue weighted by Crippen LogP contribution is -2.29. The van der Waals surface area contributed by atoms with Crippen LogP contribution in [0.5, 0.6) is 0 Å². The number of carbonyl (C=O) groups excluding carboxylic acids is 1. The number of rotatable bonds is 4. The number of halogens is 1.